The lowest BCUT2D eigenvalue weighted by Crippen LogP contribution is -2.23. The molecular weight excluding hydrogens is 364 g/mol. The van der Waals surface area contributed by atoms with Crippen molar-refractivity contribution in [1.29, 1.82) is 0 Å². The average molecular weight is 407 g/mol. The highest BCUT2D eigenvalue weighted by Gasteiger charge is 2.29. The molecule has 30 heavy (non-hydrogen) atoms. The highest BCUT2D eigenvalue weighted by molar-refractivity contribution is 6.11. The van der Waals surface area contributed by atoms with Crippen LogP contribution in [0.3, 0.4) is 0 Å². The second kappa shape index (κ2) is 7.66. The van der Waals surface area contributed by atoms with Gasteiger partial charge in [-0.1, -0.05) is 119 Å². The van der Waals surface area contributed by atoms with Crippen molar-refractivity contribution in [2.45, 2.75) is 105 Å². The fraction of sp³-hybridized carbons (Fsp3) is 0.552. The van der Waals surface area contributed by atoms with E-state index in [0.717, 1.165) is 22.3 Å². The number of ketones is 1. The Morgan fingerprint density at radius 2 is 0.800 bits per heavy atom. The number of hydrogen-bond acceptors (Lipinski definition) is 1. The maximum atomic E-state index is 13.9. The Bertz CT molecular complexity index is 855. The first-order valence-electron chi connectivity index (χ1n) is 11.2. The monoisotopic (exact) mass is 406 g/mol. The molecule has 164 valence electrons. The van der Waals surface area contributed by atoms with Crippen molar-refractivity contribution in [2.24, 2.45) is 0 Å². The van der Waals surface area contributed by atoms with Crippen LogP contribution in [0.4, 0.5) is 0 Å². The van der Waals surface area contributed by atoms with E-state index < -0.39 is 0 Å². The lowest BCUT2D eigenvalue weighted by Gasteiger charge is -2.29. The molecule has 0 bridgehead atoms. The third kappa shape index (κ3) is 5.23. The van der Waals surface area contributed by atoms with Gasteiger partial charge in [0, 0.05) is 11.1 Å². The lowest BCUT2D eigenvalue weighted by atomic mass is 9.74. The fourth-order valence-corrected chi connectivity index (χ4v) is 3.80. The van der Waals surface area contributed by atoms with Crippen molar-refractivity contribution in [1.82, 2.24) is 0 Å². The van der Waals surface area contributed by atoms with Crippen LogP contribution >= 0.6 is 0 Å². The number of benzene rings is 2. The highest BCUT2D eigenvalue weighted by atomic mass is 16.1. The van der Waals surface area contributed by atoms with Gasteiger partial charge in [0.15, 0.2) is 5.78 Å². The number of rotatable bonds is 2. The second-order valence-electron chi connectivity index (χ2n) is 12.8. The minimum Gasteiger partial charge on any atom is -0.289 e. The van der Waals surface area contributed by atoms with Crippen LogP contribution in [0.5, 0.6) is 0 Å². The number of carbonyl (C=O) groups is 1. The van der Waals surface area contributed by atoms with Crippen LogP contribution in [0.2, 0.25) is 0 Å². The molecule has 2 aromatic carbocycles. The molecule has 2 rings (SSSR count). The predicted molar refractivity (Wildman–Crippen MR) is 131 cm³/mol. The predicted octanol–water partition coefficient (Wildman–Crippen LogP) is 8.11. The number of carbonyl (C=O) groups excluding carboxylic acids is 1. The SMILES string of the molecule is CC(C)(C)c1ccc(C(=O)c2ccc(C(C)(C)C)cc2C(C)(C)C)c(C(C)(C)C)c1. The third-order valence-electron chi connectivity index (χ3n) is 5.88. The molecule has 0 amide bonds. The van der Waals surface area contributed by atoms with Crippen molar-refractivity contribution in [3.8, 4) is 0 Å². The van der Waals surface area contributed by atoms with Crippen LogP contribution in [0.1, 0.15) is 121 Å². The molecule has 2 aromatic rings. The van der Waals surface area contributed by atoms with Crippen LogP contribution in [0.25, 0.3) is 0 Å². The molecule has 1 nitrogen and oxygen atoms in total. The van der Waals surface area contributed by atoms with Crippen LogP contribution in [0.15, 0.2) is 36.4 Å². The Hall–Kier alpha value is -1.89. The summed E-state index contributed by atoms with van der Waals surface area (Å²) in [6, 6.07) is 12.8. The quantitative estimate of drug-likeness (QED) is 0.460. The summed E-state index contributed by atoms with van der Waals surface area (Å²) in [6.07, 6.45) is 0. The minimum absolute atomic E-state index is 0.0481. The normalized spacial score (nSPS) is 13.5. The van der Waals surface area contributed by atoms with E-state index in [9.17, 15) is 4.79 Å². The summed E-state index contributed by atoms with van der Waals surface area (Å²) < 4.78 is 0. The van der Waals surface area contributed by atoms with Crippen molar-refractivity contribution in [2.75, 3.05) is 0 Å². The molecule has 0 spiro atoms. The maximum Gasteiger partial charge on any atom is 0.193 e. The summed E-state index contributed by atoms with van der Waals surface area (Å²) in [6.45, 7) is 26.5. The van der Waals surface area contributed by atoms with Gasteiger partial charge in [0.05, 0.1) is 0 Å². The van der Waals surface area contributed by atoms with E-state index >= 15 is 0 Å². The van der Waals surface area contributed by atoms with Gasteiger partial charge in [0.1, 0.15) is 0 Å². The first kappa shape index (κ1) is 24.4. The molecule has 1 heteroatoms. The Morgan fingerprint density at radius 3 is 1.03 bits per heavy atom. The van der Waals surface area contributed by atoms with Gasteiger partial charge in [-0.2, -0.15) is 0 Å². The molecule has 0 saturated heterocycles. The average Bonchev–Trinajstić information content (AvgIpc) is 2.57. The second-order valence-corrected chi connectivity index (χ2v) is 12.8. The van der Waals surface area contributed by atoms with Gasteiger partial charge in [-0.05, 0) is 43.9 Å². The topological polar surface area (TPSA) is 17.1 Å². The molecule has 0 unspecified atom stereocenters. The maximum absolute atomic E-state index is 13.9. The van der Waals surface area contributed by atoms with E-state index in [1.165, 1.54) is 11.1 Å². The summed E-state index contributed by atoms with van der Waals surface area (Å²) in [5.74, 6) is 0.130. The van der Waals surface area contributed by atoms with Crippen molar-refractivity contribution < 1.29 is 4.79 Å². The molecule has 0 atom stereocenters. The van der Waals surface area contributed by atoms with Gasteiger partial charge in [0.25, 0.3) is 0 Å². The van der Waals surface area contributed by atoms with Crippen molar-refractivity contribution in [3.63, 3.8) is 0 Å². The first-order chi connectivity index (χ1) is 13.3. The lowest BCUT2D eigenvalue weighted by molar-refractivity contribution is 0.103. The Labute approximate surface area is 185 Å². The van der Waals surface area contributed by atoms with E-state index in [0.29, 0.717) is 0 Å². The minimum atomic E-state index is -0.112. The standard InChI is InChI=1S/C29H42O/c1-26(2,3)19-13-15-21(23(17-19)28(7,8)9)25(30)22-16-14-20(27(4,5)6)18-24(22)29(10,11)12/h13-18H,1-12H3. The molecule has 0 aliphatic carbocycles. The van der Waals surface area contributed by atoms with Gasteiger partial charge in [-0.15, -0.1) is 0 Å². The summed E-state index contributed by atoms with van der Waals surface area (Å²) in [5.41, 5.74) is 6.30. The summed E-state index contributed by atoms with van der Waals surface area (Å²) in [5, 5.41) is 0. The third-order valence-corrected chi connectivity index (χ3v) is 5.88. The van der Waals surface area contributed by atoms with E-state index in [1.54, 1.807) is 0 Å². The van der Waals surface area contributed by atoms with Crippen molar-refractivity contribution >= 4 is 5.78 Å². The Morgan fingerprint density at radius 1 is 0.500 bits per heavy atom. The van der Waals surface area contributed by atoms with Crippen molar-refractivity contribution in [3.05, 3.63) is 69.8 Å². The van der Waals surface area contributed by atoms with E-state index in [4.69, 9.17) is 0 Å². The van der Waals surface area contributed by atoms with Gasteiger partial charge in [-0.25, -0.2) is 0 Å². The van der Waals surface area contributed by atoms with Crippen LogP contribution in [0, 0.1) is 0 Å². The van der Waals surface area contributed by atoms with E-state index in [-0.39, 0.29) is 27.4 Å². The molecule has 0 N–H and O–H groups in total. The van der Waals surface area contributed by atoms with Crippen LogP contribution in [-0.2, 0) is 21.7 Å². The fourth-order valence-electron chi connectivity index (χ4n) is 3.80. The molecule has 0 aliphatic rings. The van der Waals surface area contributed by atoms with E-state index in [2.05, 4.69) is 107 Å². The Balaban J connectivity index is 2.74. The zero-order valence-corrected chi connectivity index (χ0v) is 21.4. The largest absolute Gasteiger partial charge is 0.289 e. The van der Waals surface area contributed by atoms with Gasteiger partial charge < -0.3 is 0 Å². The summed E-state index contributed by atoms with van der Waals surface area (Å²) in [4.78, 5) is 13.9. The smallest absolute Gasteiger partial charge is 0.193 e. The van der Waals surface area contributed by atoms with Gasteiger partial charge >= 0.3 is 0 Å². The highest BCUT2D eigenvalue weighted by Crippen LogP contribution is 2.36. The molecule has 0 fully saturated rings. The zero-order valence-electron chi connectivity index (χ0n) is 21.4. The molecule has 0 aliphatic heterocycles. The molecular formula is C29H42O. The summed E-state index contributed by atoms with van der Waals surface area (Å²) >= 11 is 0. The molecule has 0 saturated carbocycles. The zero-order chi connectivity index (χ0) is 23.3. The molecule has 0 aromatic heterocycles. The van der Waals surface area contributed by atoms with Crippen LogP contribution in [-0.4, -0.2) is 5.78 Å². The summed E-state index contributed by atoms with van der Waals surface area (Å²) in [7, 11) is 0. The first-order valence-corrected chi connectivity index (χ1v) is 11.2. The van der Waals surface area contributed by atoms with Gasteiger partial charge in [0.2, 0.25) is 0 Å². The van der Waals surface area contributed by atoms with Crippen LogP contribution < -0.4 is 0 Å². The Kier molecular flexibility index (Phi) is 6.23. The van der Waals surface area contributed by atoms with Gasteiger partial charge in [-0.3, -0.25) is 4.79 Å². The van der Waals surface area contributed by atoms with E-state index in [1.807, 2.05) is 12.1 Å². The molecule has 0 radical (unpaired) electrons. The number of hydrogen-bond donors (Lipinski definition) is 0. The molecule has 0 heterocycles.